The SMILES string of the molecule is O=C(c1ccnc(Cl)c1)N1CCC(N2CCCCC2)C1. The van der Waals surface area contributed by atoms with Crippen molar-refractivity contribution in [1.82, 2.24) is 14.8 Å². The van der Waals surface area contributed by atoms with Gasteiger partial charge in [-0.25, -0.2) is 4.98 Å². The van der Waals surface area contributed by atoms with Crippen molar-refractivity contribution < 1.29 is 4.79 Å². The van der Waals surface area contributed by atoms with Crippen LogP contribution in [0.1, 0.15) is 36.0 Å². The molecule has 0 aromatic carbocycles. The van der Waals surface area contributed by atoms with E-state index in [2.05, 4.69) is 9.88 Å². The van der Waals surface area contributed by atoms with Gasteiger partial charge in [0, 0.05) is 30.9 Å². The minimum Gasteiger partial charge on any atom is -0.337 e. The first-order chi connectivity index (χ1) is 9.74. The summed E-state index contributed by atoms with van der Waals surface area (Å²) in [5, 5.41) is 0.377. The van der Waals surface area contributed by atoms with E-state index in [1.807, 2.05) is 4.90 Å². The quantitative estimate of drug-likeness (QED) is 0.786. The Labute approximate surface area is 124 Å². The number of carbonyl (C=O) groups excluding carboxylic acids is 1. The maximum absolute atomic E-state index is 12.4. The third-order valence-electron chi connectivity index (χ3n) is 4.33. The minimum absolute atomic E-state index is 0.0776. The lowest BCUT2D eigenvalue weighted by atomic mass is 10.1. The molecule has 2 saturated heterocycles. The van der Waals surface area contributed by atoms with Crippen molar-refractivity contribution in [3.05, 3.63) is 29.0 Å². The highest BCUT2D eigenvalue weighted by molar-refractivity contribution is 6.29. The largest absolute Gasteiger partial charge is 0.337 e. The van der Waals surface area contributed by atoms with E-state index in [4.69, 9.17) is 11.6 Å². The van der Waals surface area contributed by atoms with Gasteiger partial charge >= 0.3 is 0 Å². The van der Waals surface area contributed by atoms with Crippen molar-refractivity contribution >= 4 is 17.5 Å². The zero-order valence-electron chi connectivity index (χ0n) is 11.6. The summed E-state index contributed by atoms with van der Waals surface area (Å²) in [5.74, 6) is 0.0776. The smallest absolute Gasteiger partial charge is 0.254 e. The highest BCUT2D eigenvalue weighted by Crippen LogP contribution is 2.22. The molecule has 0 N–H and O–H groups in total. The monoisotopic (exact) mass is 293 g/mol. The van der Waals surface area contributed by atoms with Crippen LogP contribution >= 0.6 is 11.6 Å². The summed E-state index contributed by atoms with van der Waals surface area (Å²) in [6.07, 6.45) is 6.62. The van der Waals surface area contributed by atoms with E-state index >= 15 is 0 Å². The van der Waals surface area contributed by atoms with Gasteiger partial charge in [0.2, 0.25) is 0 Å². The standard InChI is InChI=1S/C15H20ClN3O/c16-14-10-12(4-6-17-14)15(20)19-9-5-13(11-19)18-7-2-1-3-8-18/h4,6,10,13H,1-3,5,7-9,11H2. The number of hydrogen-bond donors (Lipinski definition) is 0. The van der Waals surface area contributed by atoms with Gasteiger partial charge in [-0.2, -0.15) is 0 Å². The Morgan fingerprint density at radius 3 is 2.80 bits per heavy atom. The Morgan fingerprint density at radius 1 is 1.25 bits per heavy atom. The molecule has 0 radical (unpaired) electrons. The Bertz CT molecular complexity index is 488. The Morgan fingerprint density at radius 2 is 2.05 bits per heavy atom. The number of piperidine rings is 1. The van der Waals surface area contributed by atoms with Gasteiger partial charge in [-0.3, -0.25) is 9.69 Å². The maximum atomic E-state index is 12.4. The van der Waals surface area contributed by atoms with Crippen LogP contribution in [-0.2, 0) is 0 Å². The van der Waals surface area contributed by atoms with E-state index in [0.717, 1.165) is 19.5 Å². The van der Waals surface area contributed by atoms with Crippen LogP contribution < -0.4 is 0 Å². The number of hydrogen-bond acceptors (Lipinski definition) is 3. The van der Waals surface area contributed by atoms with Gasteiger partial charge in [0.25, 0.3) is 5.91 Å². The molecule has 0 spiro atoms. The third-order valence-corrected chi connectivity index (χ3v) is 4.54. The first kappa shape index (κ1) is 13.8. The van der Waals surface area contributed by atoms with E-state index in [-0.39, 0.29) is 5.91 Å². The average molecular weight is 294 g/mol. The molecule has 1 unspecified atom stereocenters. The summed E-state index contributed by atoms with van der Waals surface area (Å²) in [7, 11) is 0. The van der Waals surface area contributed by atoms with E-state index in [1.54, 1.807) is 18.3 Å². The highest BCUT2D eigenvalue weighted by Gasteiger charge is 2.31. The Balaban J connectivity index is 1.63. The molecule has 3 heterocycles. The minimum atomic E-state index is 0.0776. The van der Waals surface area contributed by atoms with Crippen molar-refractivity contribution in [2.75, 3.05) is 26.2 Å². The normalized spacial score (nSPS) is 24.1. The van der Waals surface area contributed by atoms with Crippen LogP contribution in [0.4, 0.5) is 0 Å². The molecule has 2 aliphatic heterocycles. The molecule has 0 bridgehead atoms. The van der Waals surface area contributed by atoms with Crippen LogP contribution in [0.2, 0.25) is 5.15 Å². The summed E-state index contributed by atoms with van der Waals surface area (Å²) in [6, 6.07) is 3.93. The number of halogens is 1. The molecule has 20 heavy (non-hydrogen) atoms. The fourth-order valence-corrected chi connectivity index (χ4v) is 3.40. The summed E-state index contributed by atoms with van der Waals surface area (Å²) in [5.41, 5.74) is 0.643. The van der Waals surface area contributed by atoms with E-state index in [0.29, 0.717) is 16.8 Å². The fourth-order valence-electron chi connectivity index (χ4n) is 3.23. The van der Waals surface area contributed by atoms with Crippen molar-refractivity contribution in [2.45, 2.75) is 31.7 Å². The van der Waals surface area contributed by atoms with Crippen LogP contribution in [0, 0.1) is 0 Å². The van der Waals surface area contributed by atoms with Gasteiger partial charge in [0.15, 0.2) is 0 Å². The van der Waals surface area contributed by atoms with E-state index < -0.39 is 0 Å². The van der Waals surface area contributed by atoms with Crippen molar-refractivity contribution in [3.8, 4) is 0 Å². The summed E-state index contributed by atoms with van der Waals surface area (Å²) >= 11 is 5.86. The Kier molecular flexibility index (Phi) is 4.22. The van der Waals surface area contributed by atoms with Crippen LogP contribution in [0.3, 0.4) is 0 Å². The van der Waals surface area contributed by atoms with Crippen LogP contribution in [0.15, 0.2) is 18.3 Å². The summed E-state index contributed by atoms with van der Waals surface area (Å²) in [6.45, 7) is 4.07. The maximum Gasteiger partial charge on any atom is 0.254 e. The van der Waals surface area contributed by atoms with Crippen molar-refractivity contribution in [2.24, 2.45) is 0 Å². The number of nitrogens with zero attached hydrogens (tertiary/aromatic N) is 3. The molecule has 4 nitrogen and oxygen atoms in total. The molecule has 1 aromatic rings. The van der Waals surface area contributed by atoms with Crippen LogP contribution in [-0.4, -0.2) is 52.9 Å². The first-order valence-electron chi connectivity index (χ1n) is 7.39. The molecule has 2 aliphatic rings. The van der Waals surface area contributed by atoms with Crippen molar-refractivity contribution in [1.29, 1.82) is 0 Å². The number of aromatic nitrogens is 1. The van der Waals surface area contributed by atoms with Gasteiger partial charge in [-0.05, 0) is 44.5 Å². The number of likely N-dealkylation sites (tertiary alicyclic amines) is 2. The van der Waals surface area contributed by atoms with Crippen molar-refractivity contribution in [3.63, 3.8) is 0 Å². The van der Waals surface area contributed by atoms with Gasteiger partial charge in [-0.1, -0.05) is 18.0 Å². The first-order valence-corrected chi connectivity index (χ1v) is 7.77. The second-order valence-electron chi connectivity index (χ2n) is 5.66. The lowest BCUT2D eigenvalue weighted by Gasteiger charge is -2.32. The Hall–Kier alpha value is -1.13. The topological polar surface area (TPSA) is 36.4 Å². The van der Waals surface area contributed by atoms with Crippen LogP contribution in [0.5, 0.6) is 0 Å². The molecule has 1 aromatic heterocycles. The fraction of sp³-hybridized carbons (Fsp3) is 0.600. The number of amides is 1. The second kappa shape index (κ2) is 6.10. The van der Waals surface area contributed by atoms with Gasteiger partial charge in [0.1, 0.15) is 5.15 Å². The third kappa shape index (κ3) is 2.96. The molecular formula is C15H20ClN3O. The lowest BCUT2D eigenvalue weighted by molar-refractivity contribution is 0.0771. The highest BCUT2D eigenvalue weighted by atomic mass is 35.5. The zero-order chi connectivity index (χ0) is 13.9. The average Bonchev–Trinajstić information content (AvgIpc) is 2.97. The van der Waals surface area contributed by atoms with Gasteiger partial charge in [-0.15, -0.1) is 0 Å². The molecule has 0 aliphatic carbocycles. The predicted octanol–water partition coefficient (Wildman–Crippen LogP) is 2.44. The summed E-state index contributed by atoms with van der Waals surface area (Å²) in [4.78, 5) is 20.9. The van der Waals surface area contributed by atoms with Gasteiger partial charge < -0.3 is 4.90 Å². The second-order valence-corrected chi connectivity index (χ2v) is 6.04. The predicted molar refractivity (Wildman–Crippen MR) is 79.0 cm³/mol. The van der Waals surface area contributed by atoms with E-state index in [9.17, 15) is 4.79 Å². The molecular weight excluding hydrogens is 274 g/mol. The van der Waals surface area contributed by atoms with Crippen LogP contribution in [0.25, 0.3) is 0 Å². The molecule has 108 valence electrons. The number of rotatable bonds is 2. The number of carbonyl (C=O) groups is 1. The molecule has 3 rings (SSSR count). The zero-order valence-corrected chi connectivity index (χ0v) is 12.4. The van der Waals surface area contributed by atoms with E-state index in [1.165, 1.54) is 32.4 Å². The molecule has 1 atom stereocenters. The lowest BCUT2D eigenvalue weighted by Crippen LogP contribution is -2.41. The molecule has 5 heteroatoms. The molecule has 1 amide bonds. The molecule has 2 fully saturated rings. The van der Waals surface area contributed by atoms with Gasteiger partial charge in [0.05, 0.1) is 0 Å². The molecule has 0 saturated carbocycles. The number of pyridine rings is 1. The summed E-state index contributed by atoms with van der Waals surface area (Å²) < 4.78 is 0.